The normalized spacial score (nSPS) is 11.2. The molecule has 0 saturated heterocycles. The van der Waals surface area contributed by atoms with E-state index in [9.17, 15) is 4.79 Å². The SMILES string of the molecule is O=C(O)C=CCCCC(O)O. The number of aliphatic hydroxyl groups excluding tert-OH is 1. The molecule has 0 fully saturated rings. The highest BCUT2D eigenvalue weighted by molar-refractivity contribution is 5.79. The van der Waals surface area contributed by atoms with Crippen molar-refractivity contribution in [3.05, 3.63) is 12.2 Å². The molecule has 0 aliphatic heterocycles. The van der Waals surface area contributed by atoms with Crippen LogP contribution in [0.1, 0.15) is 19.3 Å². The minimum atomic E-state index is -1.28. The third kappa shape index (κ3) is 9.13. The standard InChI is InChI=1S/C7H12O4/c8-6(9)4-2-1-3-5-7(10)11/h2,4,7,10-11H,1,3,5H2,(H,8,9). The summed E-state index contributed by atoms with van der Waals surface area (Å²) in [6, 6.07) is 0. The lowest BCUT2D eigenvalue weighted by atomic mass is 10.2. The smallest absolute Gasteiger partial charge is 0.327 e. The number of carboxylic acids is 1. The summed E-state index contributed by atoms with van der Waals surface area (Å²) in [6.07, 6.45) is 2.68. The van der Waals surface area contributed by atoms with Gasteiger partial charge in [0, 0.05) is 6.08 Å². The zero-order valence-corrected chi connectivity index (χ0v) is 6.10. The van der Waals surface area contributed by atoms with E-state index in [2.05, 4.69) is 0 Å². The highest BCUT2D eigenvalue weighted by atomic mass is 16.5. The molecule has 0 bridgehead atoms. The Morgan fingerprint density at radius 3 is 2.55 bits per heavy atom. The van der Waals surface area contributed by atoms with Crippen LogP contribution in [-0.4, -0.2) is 27.6 Å². The second-order valence-electron chi connectivity index (χ2n) is 2.15. The molecule has 0 saturated carbocycles. The molecule has 0 rings (SSSR count). The number of carboxylic acid groups (broad SMARTS) is 1. The van der Waals surface area contributed by atoms with Gasteiger partial charge in [-0.15, -0.1) is 0 Å². The summed E-state index contributed by atoms with van der Waals surface area (Å²) in [5.41, 5.74) is 0. The maximum Gasteiger partial charge on any atom is 0.327 e. The summed E-state index contributed by atoms with van der Waals surface area (Å²) in [5.74, 6) is -0.977. The van der Waals surface area contributed by atoms with Gasteiger partial charge in [-0.25, -0.2) is 4.79 Å². The molecule has 0 heterocycles. The molecule has 0 spiro atoms. The number of carbonyl (C=O) groups is 1. The largest absolute Gasteiger partial charge is 0.478 e. The first-order valence-electron chi connectivity index (χ1n) is 3.38. The molecule has 11 heavy (non-hydrogen) atoms. The van der Waals surface area contributed by atoms with Gasteiger partial charge in [-0.1, -0.05) is 6.08 Å². The lowest BCUT2D eigenvalue weighted by molar-refractivity contribution is -0.131. The van der Waals surface area contributed by atoms with Crippen LogP contribution in [0.2, 0.25) is 0 Å². The molecule has 64 valence electrons. The van der Waals surface area contributed by atoms with Crippen LogP contribution in [0.15, 0.2) is 12.2 Å². The van der Waals surface area contributed by atoms with E-state index < -0.39 is 12.3 Å². The average Bonchev–Trinajstić information content (AvgIpc) is 1.85. The van der Waals surface area contributed by atoms with Crippen LogP contribution in [-0.2, 0) is 4.79 Å². The Morgan fingerprint density at radius 1 is 1.45 bits per heavy atom. The molecule has 4 heteroatoms. The second kappa shape index (κ2) is 5.88. The first-order valence-corrected chi connectivity index (χ1v) is 3.38. The predicted molar refractivity (Wildman–Crippen MR) is 38.9 cm³/mol. The van der Waals surface area contributed by atoms with Gasteiger partial charge >= 0.3 is 5.97 Å². The van der Waals surface area contributed by atoms with Crippen molar-refractivity contribution < 1.29 is 20.1 Å². The summed E-state index contributed by atoms with van der Waals surface area (Å²) in [5, 5.41) is 24.9. The third-order valence-corrected chi connectivity index (χ3v) is 1.09. The van der Waals surface area contributed by atoms with Crippen LogP contribution < -0.4 is 0 Å². The first kappa shape index (κ1) is 10.1. The average molecular weight is 160 g/mol. The van der Waals surface area contributed by atoms with Crippen molar-refractivity contribution in [1.82, 2.24) is 0 Å². The minimum absolute atomic E-state index is 0.282. The van der Waals surface area contributed by atoms with Gasteiger partial charge in [0.05, 0.1) is 0 Å². The summed E-state index contributed by atoms with van der Waals surface area (Å²) >= 11 is 0. The summed E-state index contributed by atoms with van der Waals surface area (Å²) in [6.45, 7) is 0. The van der Waals surface area contributed by atoms with Crippen LogP contribution in [0.3, 0.4) is 0 Å². The van der Waals surface area contributed by atoms with Gasteiger partial charge in [0.1, 0.15) is 0 Å². The Morgan fingerprint density at radius 2 is 2.09 bits per heavy atom. The zero-order valence-electron chi connectivity index (χ0n) is 6.10. The minimum Gasteiger partial charge on any atom is -0.478 e. The number of aliphatic carboxylic acids is 1. The van der Waals surface area contributed by atoms with Crippen molar-refractivity contribution in [2.45, 2.75) is 25.6 Å². The molecule has 0 aromatic rings. The van der Waals surface area contributed by atoms with E-state index in [4.69, 9.17) is 15.3 Å². The van der Waals surface area contributed by atoms with Crippen molar-refractivity contribution in [3.63, 3.8) is 0 Å². The molecule has 0 radical (unpaired) electrons. The number of unbranched alkanes of at least 4 members (excludes halogenated alkanes) is 1. The second-order valence-corrected chi connectivity index (χ2v) is 2.15. The third-order valence-electron chi connectivity index (χ3n) is 1.09. The van der Waals surface area contributed by atoms with Crippen molar-refractivity contribution >= 4 is 5.97 Å². The van der Waals surface area contributed by atoms with E-state index >= 15 is 0 Å². The fourth-order valence-corrected chi connectivity index (χ4v) is 0.602. The summed E-state index contributed by atoms with van der Waals surface area (Å²) < 4.78 is 0. The van der Waals surface area contributed by atoms with Gasteiger partial charge in [0.2, 0.25) is 0 Å². The van der Waals surface area contributed by atoms with Gasteiger partial charge in [0.25, 0.3) is 0 Å². The molecule has 0 amide bonds. The van der Waals surface area contributed by atoms with Crippen molar-refractivity contribution in [2.75, 3.05) is 0 Å². The fraction of sp³-hybridized carbons (Fsp3) is 0.571. The number of rotatable bonds is 5. The van der Waals surface area contributed by atoms with E-state index in [1.165, 1.54) is 6.08 Å². The van der Waals surface area contributed by atoms with E-state index in [0.717, 1.165) is 6.08 Å². The monoisotopic (exact) mass is 160 g/mol. The molecule has 0 aromatic carbocycles. The molecule has 0 aliphatic rings. The number of hydrogen-bond acceptors (Lipinski definition) is 3. The maximum absolute atomic E-state index is 9.91. The molecule has 0 unspecified atom stereocenters. The van der Waals surface area contributed by atoms with Gasteiger partial charge < -0.3 is 15.3 Å². The van der Waals surface area contributed by atoms with E-state index in [-0.39, 0.29) is 6.42 Å². The lowest BCUT2D eigenvalue weighted by Crippen LogP contribution is -2.02. The van der Waals surface area contributed by atoms with Crippen LogP contribution in [0.25, 0.3) is 0 Å². The van der Waals surface area contributed by atoms with Gasteiger partial charge in [0.15, 0.2) is 6.29 Å². The fourth-order valence-electron chi connectivity index (χ4n) is 0.602. The van der Waals surface area contributed by atoms with Crippen molar-refractivity contribution in [1.29, 1.82) is 0 Å². The van der Waals surface area contributed by atoms with E-state index in [1.54, 1.807) is 0 Å². The Bertz CT molecular complexity index is 139. The Balaban J connectivity index is 3.21. The molecular formula is C7H12O4. The van der Waals surface area contributed by atoms with Crippen LogP contribution >= 0.6 is 0 Å². The van der Waals surface area contributed by atoms with Gasteiger partial charge in [-0.3, -0.25) is 0 Å². The molecule has 0 atom stereocenters. The number of aliphatic hydroxyl groups is 2. The summed E-state index contributed by atoms with van der Waals surface area (Å²) in [7, 11) is 0. The molecule has 0 aliphatic carbocycles. The molecular weight excluding hydrogens is 148 g/mol. The quantitative estimate of drug-likeness (QED) is 0.303. The highest BCUT2D eigenvalue weighted by Crippen LogP contribution is 1.98. The van der Waals surface area contributed by atoms with Crippen molar-refractivity contribution in [2.24, 2.45) is 0 Å². The number of hydrogen-bond donors (Lipinski definition) is 3. The Labute approximate surface area is 64.8 Å². The van der Waals surface area contributed by atoms with E-state index in [0.29, 0.717) is 12.8 Å². The Hall–Kier alpha value is -0.870. The van der Waals surface area contributed by atoms with Crippen LogP contribution in [0, 0.1) is 0 Å². The first-order chi connectivity index (χ1) is 5.13. The molecule has 4 nitrogen and oxygen atoms in total. The number of allylic oxidation sites excluding steroid dienone is 1. The van der Waals surface area contributed by atoms with Crippen LogP contribution in [0.4, 0.5) is 0 Å². The van der Waals surface area contributed by atoms with E-state index in [1.807, 2.05) is 0 Å². The van der Waals surface area contributed by atoms with Crippen molar-refractivity contribution in [3.8, 4) is 0 Å². The summed E-state index contributed by atoms with van der Waals surface area (Å²) in [4.78, 5) is 9.91. The van der Waals surface area contributed by atoms with Gasteiger partial charge in [-0.05, 0) is 19.3 Å². The van der Waals surface area contributed by atoms with Crippen LogP contribution in [0.5, 0.6) is 0 Å². The lowest BCUT2D eigenvalue weighted by Gasteiger charge is -1.98. The molecule has 3 N–H and O–H groups in total. The topological polar surface area (TPSA) is 77.8 Å². The zero-order chi connectivity index (χ0) is 8.69. The van der Waals surface area contributed by atoms with Gasteiger partial charge in [-0.2, -0.15) is 0 Å². The maximum atomic E-state index is 9.91. The predicted octanol–water partition coefficient (Wildman–Crippen LogP) is 0.108. The molecule has 0 aromatic heterocycles. The Kier molecular flexibility index (Phi) is 5.42. The highest BCUT2D eigenvalue weighted by Gasteiger charge is 1.94.